The van der Waals surface area contributed by atoms with Gasteiger partial charge in [-0.25, -0.2) is 18.0 Å². The molecule has 0 atom stereocenters. The Morgan fingerprint density at radius 2 is 1.70 bits per heavy atom. The van der Waals surface area contributed by atoms with Gasteiger partial charge in [0.2, 0.25) is 11.6 Å². The second kappa shape index (κ2) is 7.81. The molecule has 144 valence electrons. The van der Waals surface area contributed by atoms with Crippen LogP contribution in [0.15, 0.2) is 30.3 Å². The van der Waals surface area contributed by atoms with E-state index >= 15 is 0 Å². The Labute approximate surface area is 148 Å². The molecule has 27 heavy (non-hydrogen) atoms. The maximum atomic E-state index is 14.0. The fourth-order valence-corrected chi connectivity index (χ4v) is 2.18. The van der Waals surface area contributed by atoms with Crippen molar-refractivity contribution < 1.29 is 40.3 Å². The number of alkyl halides is 3. The second-order valence-electron chi connectivity index (χ2n) is 5.29. The van der Waals surface area contributed by atoms with E-state index in [9.17, 15) is 35.5 Å². The molecule has 2 nitrogen and oxygen atoms in total. The van der Waals surface area contributed by atoms with Crippen molar-refractivity contribution in [1.82, 2.24) is 0 Å². The molecule has 0 aliphatic rings. The molecule has 2 aromatic carbocycles. The number of benzene rings is 2. The van der Waals surface area contributed by atoms with E-state index in [-0.39, 0.29) is 12.0 Å². The summed E-state index contributed by atoms with van der Waals surface area (Å²) in [6.07, 6.45) is -3.42. The zero-order chi connectivity index (χ0) is 20.4. The molecule has 0 spiro atoms. The minimum Gasteiger partial charge on any atom is -0.417 e. The molecule has 0 amide bonds. The highest BCUT2D eigenvalue weighted by Gasteiger charge is 2.30. The Balaban J connectivity index is 2.27. The van der Waals surface area contributed by atoms with Gasteiger partial charge in [0.1, 0.15) is 0 Å². The first-order chi connectivity index (χ1) is 12.6. The van der Waals surface area contributed by atoms with E-state index in [1.165, 1.54) is 13.0 Å². The second-order valence-corrected chi connectivity index (χ2v) is 5.29. The number of halogens is 7. The summed E-state index contributed by atoms with van der Waals surface area (Å²) >= 11 is 0. The van der Waals surface area contributed by atoms with Crippen LogP contribution in [0, 0.1) is 23.3 Å². The van der Waals surface area contributed by atoms with Crippen molar-refractivity contribution in [3.05, 3.63) is 70.3 Å². The van der Waals surface area contributed by atoms with Gasteiger partial charge in [0.25, 0.3) is 0 Å². The molecule has 0 radical (unpaired) electrons. The molecule has 2 rings (SSSR count). The van der Waals surface area contributed by atoms with Crippen molar-refractivity contribution in [3.63, 3.8) is 0 Å². The zero-order valence-electron chi connectivity index (χ0n) is 13.6. The molecule has 0 aliphatic carbocycles. The first kappa shape index (κ1) is 20.5. The summed E-state index contributed by atoms with van der Waals surface area (Å²) in [5.41, 5.74) is -1.82. The Bertz CT molecular complexity index is 902. The van der Waals surface area contributed by atoms with Crippen molar-refractivity contribution in [1.29, 1.82) is 0 Å². The summed E-state index contributed by atoms with van der Waals surface area (Å²) in [4.78, 5) is 11.7. The molecule has 2 aromatic rings. The van der Waals surface area contributed by atoms with E-state index in [0.29, 0.717) is 6.08 Å². The lowest BCUT2D eigenvalue weighted by Gasteiger charge is -2.10. The topological polar surface area (TPSA) is 26.3 Å². The molecule has 9 heteroatoms. The van der Waals surface area contributed by atoms with E-state index in [1.54, 1.807) is 0 Å². The van der Waals surface area contributed by atoms with Gasteiger partial charge in [0, 0.05) is 11.6 Å². The summed E-state index contributed by atoms with van der Waals surface area (Å²) in [7, 11) is 0. The average molecular weight is 392 g/mol. The zero-order valence-corrected chi connectivity index (χ0v) is 13.6. The van der Waals surface area contributed by atoms with Crippen LogP contribution in [0.4, 0.5) is 30.7 Å². The molecule has 0 saturated carbocycles. The summed E-state index contributed by atoms with van der Waals surface area (Å²) < 4.78 is 96.8. The molecular weight excluding hydrogens is 381 g/mol. The predicted octanol–water partition coefficient (Wildman–Crippen LogP) is 5.44. The average Bonchev–Trinajstić information content (AvgIpc) is 2.62. The first-order valence-corrected chi connectivity index (χ1v) is 7.48. The molecule has 0 heterocycles. The van der Waals surface area contributed by atoms with Crippen molar-refractivity contribution in [2.45, 2.75) is 19.5 Å². The number of rotatable bonds is 4. The SMILES string of the molecule is CCc1c(F)c(F)c(F)c(OC(=O)/C=C/c2cccc(C(F)(F)F)c2)c1F. The van der Waals surface area contributed by atoms with Crippen LogP contribution in [0.3, 0.4) is 0 Å². The minimum atomic E-state index is -4.60. The largest absolute Gasteiger partial charge is 0.417 e. The summed E-state index contributed by atoms with van der Waals surface area (Å²) in [6, 6.07) is 3.88. The van der Waals surface area contributed by atoms with Crippen LogP contribution in [-0.4, -0.2) is 5.97 Å². The van der Waals surface area contributed by atoms with E-state index in [4.69, 9.17) is 0 Å². The lowest BCUT2D eigenvalue weighted by atomic mass is 10.1. The minimum absolute atomic E-state index is 0.0396. The number of hydrogen-bond acceptors (Lipinski definition) is 2. The molecule has 0 aromatic heterocycles. The molecule has 0 fully saturated rings. The maximum Gasteiger partial charge on any atom is 0.416 e. The maximum absolute atomic E-state index is 14.0. The number of carbonyl (C=O) groups is 1. The summed E-state index contributed by atoms with van der Waals surface area (Å²) in [5.74, 6) is -10.1. The van der Waals surface area contributed by atoms with Gasteiger partial charge in [0.15, 0.2) is 17.5 Å². The van der Waals surface area contributed by atoms with Gasteiger partial charge in [-0.2, -0.15) is 17.6 Å². The van der Waals surface area contributed by atoms with Gasteiger partial charge in [-0.1, -0.05) is 19.1 Å². The Morgan fingerprint density at radius 3 is 2.30 bits per heavy atom. The smallest absolute Gasteiger partial charge is 0.416 e. The van der Waals surface area contributed by atoms with E-state index < -0.39 is 52.3 Å². The highest BCUT2D eigenvalue weighted by Crippen LogP contribution is 2.31. The van der Waals surface area contributed by atoms with Gasteiger partial charge in [-0.05, 0) is 30.2 Å². The van der Waals surface area contributed by atoms with Crippen LogP contribution in [-0.2, 0) is 17.4 Å². The third-order valence-electron chi connectivity index (χ3n) is 3.50. The lowest BCUT2D eigenvalue weighted by Crippen LogP contribution is -2.12. The van der Waals surface area contributed by atoms with Gasteiger partial charge in [-0.3, -0.25) is 0 Å². The predicted molar refractivity (Wildman–Crippen MR) is 81.8 cm³/mol. The van der Waals surface area contributed by atoms with Crippen molar-refractivity contribution >= 4 is 12.0 Å². The lowest BCUT2D eigenvalue weighted by molar-refractivity contribution is -0.137. The molecule has 0 aliphatic heterocycles. The Hall–Kier alpha value is -2.84. The first-order valence-electron chi connectivity index (χ1n) is 7.48. The van der Waals surface area contributed by atoms with Gasteiger partial charge < -0.3 is 4.74 Å². The number of esters is 1. The quantitative estimate of drug-likeness (QED) is 0.173. The van der Waals surface area contributed by atoms with Gasteiger partial charge in [0.05, 0.1) is 5.56 Å². The fraction of sp³-hybridized carbons (Fsp3) is 0.167. The standard InChI is InChI=1S/C18H11F7O2/c1-2-11-13(19)15(21)16(22)17(14(11)20)27-12(26)7-6-9-4-3-5-10(8-9)18(23,24)25/h3-8H,2H2,1H3/b7-6+. The van der Waals surface area contributed by atoms with Crippen molar-refractivity contribution in [2.24, 2.45) is 0 Å². The fourth-order valence-electron chi connectivity index (χ4n) is 2.18. The van der Waals surface area contributed by atoms with Gasteiger partial charge in [-0.15, -0.1) is 0 Å². The van der Waals surface area contributed by atoms with Crippen molar-refractivity contribution in [3.8, 4) is 5.75 Å². The van der Waals surface area contributed by atoms with Crippen molar-refractivity contribution in [2.75, 3.05) is 0 Å². The van der Waals surface area contributed by atoms with Crippen LogP contribution < -0.4 is 4.74 Å². The monoisotopic (exact) mass is 392 g/mol. The number of ether oxygens (including phenoxy) is 1. The van der Waals surface area contributed by atoms with E-state index in [2.05, 4.69) is 4.74 Å². The number of hydrogen-bond donors (Lipinski definition) is 0. The molecule has 0 bridgehead atoms. The summed E-state index contributed by atoms with van der Waals surface area (Å²) in [6.45, 7) is 1.28. The molecule has 0 N–H and O–H groups in total. The van der Waals surface area contributed by atoms with E-state index in [0.717, 1.165) is 24.3 Å². The highest BCUT2D eigenvalue weighted by atomic mass is 19.4. The van der Waals surface area contributed by atoms with Crippen LogP contribution in [0.2, 0.25) is 0 Å². The third-order valence-corrected chi connectivity index (χ3v) is 3.50. The van der Waals surface area contributed by atoms with Crippen LogP contribution in [0.25, 0.3) is 6.08 Å². The molecule has 0 unspecified atom stereocenters. The van der Waals surface area contributed by atoms with Crippen LogP contribution in [0.1, 0.15) is 23.6 Å². The number of carbonyl (C=O) groups excluding carboxylic acids is 1. The van der Waals surface area contributed by atoms with Gasteiger partial charge >= 0.3 is 12.1 Å². The Kier molecular flexibility index (Phi) is 5.92. The highest BCUT2D eigenvalue weighted by molar-refractivity contribution is 5.88. The summed E-state index contributed by atoms with van der Waals surface area (Å²) in [5, 5.41) is 0. The Morgan fingerprint density at radius 1 is 1.04 bits per heavy atom. The molecular formula is C18H11F7O2. The van der Waals surface area contributed by atoms with E-state index in [1.807, 2.05) is 0 Å². The third kappa shape index (κ3) is 4.47. The normalized spacial score (nSPS) is 11.9. The molecule has 0 saturated heterocycles. The van der Waals surface area contributed by atoms with Crippen LogP contribution in [0.5, 0.6) is 5.75 Å². The van der Waals surface area contributed by atoms with Crippen LogP contribution >= 0.6 is 0 Å².